The molecule has 0 aliphatic rings. The minimum atomic E-state index is -4.74. The fourth-order valence-electron chi connectivity index (χ4n) is 2.54. The Bertz CT molecular complexity index is 942. The van der Waals surface area contributed by atoms with E-state index in [4.69, 9.17) is 14.7 Å². The zero-order valence-corrected chi connectivity index (χ0v) is 15.3. The molecule has 0 heterocycles. The summed E-state index contributed by atoms with van der Waals surface area (Å²) in [5, 5.41) is 23.0. The van der Waals surface area contributed by atoms with Crippen LogP contribution in [-0.4, -0.2) is 23.0 Å². The van der Waals surface area contributed by atoms with Crippen LogP contribution in [0.3, 0.4) is 0 Å². The zero-order chi connectivity index (χ0) is 21.6. The van der Waals surface area contributed by atoms with Crippen molar-refractivity contribution >= 4 is 11.9 Å². The highest BCUT2D eigenvalue weighted by Gasteiger charge is 2.33. The zero-order valence-electron chi connectivity index (χ0n) is 15.3. The average molecular weight is 410 g/mol. The molecule has 0 aromatic heterocycles. The predicted octanol–water partition coefficient (Wildman–Crippen LogP) is 5.34. The lowest BCUT2D eigenvalue weighted by Gasteiger charge is -2.17. The van der Waals surface area contributed by atoms with Gasteiger partial charge in [0.2, 0.25) is 5.75 Å². The molecular formula is C19H17F3N2O5. The lowest BCUT2D eigenvalue weighted by atomic mass is 10.1. The Morgan fingerprint density at radius 2 is 2.00 bits per heavy atom. The minimum Gasteiger partial charge on any atom is -0.490 e. The third-order valence-electron chi connectivity index (χ3n) is 3.72. The van der Waals surface area contributed by atoms with Gasteiger partial charge >= 0.3 is 11.9 Å². The summed E-state index contributed by atoms with van der Waals surface area (Å²) in [6, 6.07) is 5.05. The molecular weight excluding hydrogens is 393 g/mol. The number of nitro groups is 1. The second-order valence-electron chi connectivity index (χ2n) is 5.72. The largest absolute Gasteiger partial charge is 0.490 e. The van der Waals surface area contributed by atoms with Gasteiger partial charge in [0.15, 0.2) is 11.5 Å². The number of halogens is 3. The molecule has 0 atom stereocenters. The molecule has 0 saturated carbocycles. The van der Waals surface area contributed by atoms with E-state index in [1.807, 2.05) is 0 Å². The van der Waals surface area contributed by atoms with Gasteiger partial charge in [0.25, 0.3) is 0 Å². The number of alkyl halides is 3. The summed E-state index contributed by atoms with van der Waals surface area (Å²) < 4.78 is 49.9. The van der Waals surface area contributed by atoms with Gasteiger partial charge in [0, 0.05) is 17.2 Å². The second kappa shape index (κ2) is 9.09. The van der Waals surface area contributed by atoms with E-state index in [1.54, 1.807) is 19.1 Å². The Balaban J connectivity index is 2.62. The van der Waals surface area contributed by atoms with Crippen LogP contribution in [0.2, 0.25) is 0 Å². The monoisotopic (exact) mass is 410 g/mol. The fraction of sp³-hybridized carbons (Fsp3) is 0.211. The molecule has 0 amide bonds. The SMILES string of the molecule is C=CCc1cc(/C=N\O)cc(OCC)c1Oc1ccc(C(F)(F)F)cc1[N+](=O)[O-]. The van der Waals surface area contributed by atoms with Crippen LogP contribution in [0, 0.1) is 10.1 Å². The van der Waals surface area contributed by atoms with Gasteiger partial charge < -0.3 is 14.7 Å². The molecule has 0 aliphatic heterocycles. The van der Waals surface area contributed by atoms with Crippen molar-refractivity contribution in [1.82, 2.24) is 0 Å². The van der Waals surface area contributed by atoms with Crippen LogP contribution in [0.15, 0.2) is 48.1 Å². The summed E-state index contributed by atoms with van der Waals surface area (Å²) in [7, 11) is 0. The van der Waals surface area contributed by atoms with Crippen molar-refractivity contribution in [3.8, 4) is 17.2 Å². The smallest absolute Gasteiger partial charge is 0.416 e. The van der Waals surface area contributed by atoms with Gasteiger partial charge in [-0.3, -0.25) is 10.1 Å². The summed E-state index contributed by atoms with van der Waals surface area (Å²) in [5.74, 6) is -0.113. The number of hydrogen-bond donors (Lipinski definition) is 1. The third-order valence-corrected chi connectivity index (χ3v) is 3.72. The standard InChI is InChI=1S/C19H17F3N2O5/c1-3-5-13-8-12(11-23-25)9-17(28-4-2)18(13)29-16-7-6-14(19(20,21)22)10-15(16)24(26)27/h3,6-11,25H,1,4-5H2,2H3/b23-11-. The molecule has 2 aromatic rings. The number of ether oxygens (including phenoxy) is 2. The highest BCUT2D eigenvalue weighted by molar-refractivity contribution is 5.81. The van der Waals surface area contributed by atoms with Crippen molar-refractivity contribution in [3.05, 3.63) is 69.8 Å². The molecule has 2 rings (SSSR count). The van der Waals surface area contributed by atoms with Crippen LogP contribution >= 0.6 is 0 Å². The number of nitrogens with zero attached hydrogens (tertiary/aromatic N) is 2. The van der Waals surface area contributed by atoms with Gasteiger partial charge in [-0.15, -0.1) is 6.58 Å². The molecule has 0 aliphatic carbocycles. The number of allylic oxidation sites excluding steroid dienone is 1. The maximum Gasteiger partial charge on any atom is 0.416 e. The Hall–Kier alpha value is -3.56. The van der Waals surface area contributed by atoms with E-state index < -0.39 is 22.4 Å². The maximum absolute atomic E-state index is 12.9. The Morgan fingerprint density at radius 1 is 1.28 bits per heavy atom. The van der Waals surface area contributed by atoms with Gasteiger partial charge in [-0.1, -0.05) is 11.2 Å². The van der Waals surface area contributed by atoms with Crippen LogP contribution in [0.1, 0.15) is 23.6 Å². The van der Waals surface area contributed by atoms with Crippen molar-refractivity contribution in [2.24, 2.45) is 5.16 Å². The summed E-state index contributed by atoms with van der Waals surface area (Å²) in [5.41, 5.74) is -1.06. The number of hydrogen-bond acceptors (Lipinski definition) is 6. The Labute approximate surface area is 163 Å². The van der Waals surface area contributed by atoms with Crippen LogP contribution in [0.5, 0.6) is 17.2 Å². The summed E-state index contributed by atoms with van der Waals surface area (Å²) >= 11 is 0. The lowest BCUT2D eigenvalue weighted by molar-refractivity contribution is -0.385. The van der Waals surface area contributed by atoms with Gasteiger partial charge in [-0.2, -0.15) is 13.2 Å². The minimum absolute atomic E-state index is 0.0877. The number of oxime groups is 1. The van der Waals surface area contributed by atoms with Gasteiger partial charge in [-0.25, -0.2) is 0 Å². The lowest BCUT2D eigenvalue weighted by Crippen LogP contribution is -2.06. The Kier molecular flexibility index (Phi) is 6.81. The van der Waals surface area contributed by atoms with Crippen LogP contribution < -0.4 is 9.47 Å². The number of benzene rings is 2. The average Bonchev–Trinajstić information content (AvgIpc) is 2.64. The summed E-state index contributed by atoms with van der Waals surface area (Å²) in [6.45, 7) is 5.55. The van der Waals surface area contributed by atoms with E-state index in [2.05, 4.69) is 11.7 Å². The molecule has 0 saturated heterocycles. The van der Waals surface area contributed by atoms with E-state index in [0.29, 0.717) is 23.3 Å². The first-order chi connectivity index (χ1) is 13.7. The molecule has 0 spiro atoms. The molecule has 0 unspecified atom stereocenters. The maximum atomic E-state index is 12.9. The van der Waals surface area contributed by atoms with Crippen LogP contribution in [0.25, 0.3) is 0 Å². The number of nitro benzene ring substituents is 1. The van der Waals surface area contributed by atoms with Crippen LogP contribution in [0.4, 0.5) is 18.9 Å². The van der Waals surface area contributed by atoms with Crippen molar-refractivity contribution in [1.29, 1.82) is 0 Å². The van der Waals surface area contributed by atoms with Crippen molar-refractivity contribution in [2.75, 3.05) is 6.61 Å². The number of rotatable bonds is 8. The highest BCUT2D eigenvalue weighted by atomic mass is 19.4. The predicted molar refractivity (Wildman–Crippen MR) is 99.1 cm³/mol. The van der Waals surface area contributed by atoms with Gasteiger partial charge in [-0.05, 0) is 37.6 Å². The highest BCUT2D eigenvalue weighted by Crippen LogP contribution is 2.42. The summed E-state index contributed by atoms with van der Waals surface area (Å²) in [4.78, 5) is 10.4. The normalized spacial score (nSPS) is 11.4. The quantitative estimate of drug-likeness (QED) is 0.208. The second-order valence-corrected chi connectivity index (χ2v) is 5.72. The topological polar surface area (TPSA) is 94.2 Å². The third kappa shape index (κ3) is 5.24. The van der Waals surface area contributed by atoms with E-state index in [9.17, 15) is 23.3 Å². The first-order valence-electron chi connectivity index (χ1n) is 8.32. The van der Waals surface area contributed by atoms with Gasteiger partial charge in [0.1, 0.15) is 0 Å². The first-order valence-corrected chi connectivity index (χ1v) is 8.32. The first kappa shape index (κ1) is 21.7. The molecule has 0 bridgehead atoms. The van der Waals surface area contributed by atoms with Crippen molar-refractivity contribution in [2.45, 2.75) is 19.5 Å². The molecule has 10 heteroatoms. The molecule has 154 valence electrons. The van der Waals surface area contributed by atoms with E-state index >= 15 is 0 Å². The molecule has 0 radical (unpaired) electrons. The van der Waals surface area contributed by atoms with Crippen molar-refractivity contribution in [3.63, 3.8) is 0 Å². The Morgan fingerprint density at radius 3 is 2.55 bits per heavy atom. The van der Waals surface area contributed by atoms with Gasteiger partial charge in [0.05, 0.1) is 23.3 Å². The molecule has 1 N–H and O–H groups in total. The van der Waals surface area contributed by atoms with Crippen molar-refractivity contribution < 1.29 is 32.8 Å². The van der Waals surface area contributed by atoms with E-state index in [1.165, 1.54) is 6.07 Å². The molecule has 29 heavy (non-hydrogen) atoms. The molecule has 2 aromatic carbocycles. The fourth-order valence-corrected chi connectivity index (χ4v) is 2.54. The summed E-state index contributed by atoms with van der Waals surface area (Å²) in [6.07, 6.45) is -1.78. The van der Waals surface area contributed by atoms with E-state index in [-0.39, 0.29) is 30.3 Å². The molecule has 7 nitrogen and oxygen atoms in total. The van der Waals surface area contributed by atoms with E-state index in [0.717, 1.165) is 12.3 Å². The van der Waals surface area contributed by atoms with Crippen LogP contribution in [-0.2, 0) is 12.6 Å². The molecule has 0 fully saturated rings.